The average molecular weight is 434 g/mol. The second kappa shape index (κ2) is 7.47. The minimum Gasteiger partial charge on any atom is -0.395 e. The van der Waals surface area contributed by atoms with E-state index in [1.807, 2.05) is 0 Å². The third kappa shape index (κ3) is 3.79. The SMILES string of the molecule is O=C(c1ccc([N+](=O)[O-])o1)N1CCN(S(=O)(=O)c2cccc(Cl)c2Cl)CC1. The van der Waals surface area contributed by atoms with Crippen molar-refractivity contribution in [2.75, 3.05) is 26.2 Å². The molecule has 1 fully saturated rings. The molecular weight excluding hydrogens is 421 g/mol. The van der Waals surface area contributed by atoms with E-state index in [1.165, 1.54) is 33.5 Å². The van der Waals surface area contributed by atoms with Gasteiger partial charge < -0.3 is 9.32 Å². The third-order valence-electron chi connectivity index (χ3n) is 4.04. The quantitative estimate of drug-likeness (QED) is 0.540. The highest BCUT2D eigenvalue weighted by molar-refractivity contribution is 7.89. The normalized spacial score (nSPS) is 15.7. The number of piperazine rings is 1. The number of amides is 1. The fourth-order valence-corrected chi connectivity index (χ4v) is 4.81. The van der Waals surface area contributed by atoms with Crippen LogP contribution in [0.3, 0.4) is 0 Å². The molecule has 1 amide bonds. The molecule has 1 aliphatic heterocycles. The zero-order chi connectivity index (χ0) is 19.8. The lowest BCUT2D eigenvalue weighted by molar-refractivity contribution is -0.402. The number of hydrogen-bond acceptors (Lipinski definition) is 6. The number of benzene rings is 1. The molecule has 1 aromatic carbocycles. The van der Waals surface area contributed by atoms with E-state index >= 15 is 0 Å². The minimum absolute atomic E-state index is 0.0414. The summed E-state index contributed by atoms with van der Waals surface area (Å²) in [6.45, 7) is 0.287. The van der Waals surface area contributed by atoms with Crippen LogP contribution in [0.15, 0.2) is 39.6 Å². The van der Waals surface area contributed by atoms with Gasteiger partial charge in [0, 0.05) is 26.2 Å². The number of rotatable bonds is 4. The smallest absolute Gasteiger partial charge is 0.395 e. The van der Waals surface area contributed by atoms with Crippen LogP contribution < -0.4 is 0 Å². The Balaban J connectivity index is 1.72. The first kappa shape index (κ1) is 19.6. The number of sulfonamides is 1. The van der Waals surface area contributed by atoms with Gasteiger partial charge in [-0.2, -0.15) is 4.31 Å². The van der Waals surface area contributed by atoms with Gasteiger partial charge in [0.1, 0.15) is 9.82 Å². The molecule has 0 unspecified atom stereocenters. The van der Waals surface area contributed by atoms with Gasteiger partial charge in [-0.15, -0.1) is 0 Å². The van der Waals surface area contributed by atoms with Crippen molar-refractivity contribution in [1.29, 1.82) is 0 Å². The second-order valence-corrected chi connectivity index (χ2v) is 8.33. The van der Waals surface area contributed by atoms with Crippen LogP contribution in [0.1, 0.15) is 10.6 Å². The van der Waals surface area contributed by atoms with E-state index in [0.29, 0.717) is 0 Å². The van der Waals surface area contributed by atoms with Gasteiger partial charge in [-0.3, -0.25) is 14.9 Å². The molecule has 12 heteroatoms. The van der Waals surface area contributed by atoms with Crippen LogP contribution in [0.4, 0.5) is 5.88 Å². The highest BCUT2D eigenvalue weighted by Crippen LogP contribution is 2.31. The van der Waals surface area contributed by atoms with Crippen molar-refractivity contribution in [3.05, 3.63) is 56.3 Å². The molecule has 27 heavy (non-hydrogen) atoms. The van der Waals surface area contributed by atoms with E-state index < -0.39 is 26.7 Å². The van der Waals surface area contributed by atoms with Gasteiger partial charge in [0.25, 0.3) is 5.91 Å². The molecule has 0 aliphatic carbocycles. The number of carbonyl (C=O) groups is 1. The van der Waals surface area contributed by atoms with Crippen molar-refractivity contribution in [2.24, 2.45) is 0 Å². The molecule has 0 saturated carbocycles. The first-order chi connectivity index (χ1) is 12.7. The molecule has 0 atom stereocenters. The first-order valence-corrected chi connectivity index (χ1v) is 9.89. The van der Waals surface area contributed by atoms with Gasteiger partial charge >= 0.3 is 5.88 Å². The van der Waals surface area contributed by atoms with Crippen LogP contribution in [0.25, 0.3) is 0 Å². The highest BCUT2D eigenvalue weighted by Gasteiger charge is 2.33. The van der Waals surface area contributed by atoms with Crippen LogP contribution in [0.5, 0.6) is 0 Å². The van der Waals surface area contributed by atoms with Crippen LogP contribution >= 0.6 is 23.2 Å². The van der Waals surface area contributed by atoms with Gasteiger partial charge in [0.05, 0.1) is 16.1 Å². The molecular formula is C15H13Cl2N3O6S. The topological polar surface area (TPSA) is 114 Å². The van der Waals surface area contributed by atoms with E-state index in [0.717, 1.165) is 6.07 Å². The molecule has 1 aliphatic rings. The van der Waals surface area contributed by atoms with E-state index in [-0.39, 0.29) is 46.9 Å². The summed E-state index contributed by atoms with van der Waals surface area (Å²) in [5, 5.41) is 10.7. The lowest BCUT2D eigenvalue weighted by atomic mass is 10.3. The van der Waals surface area contributed by atoms with Crippen molar-refractivity contribution in [1.82, 2.24) is 9.21 Å². The largest absolute Gasteiger partial charge is 0.433 e. The highest BCUT2D eigenvalue weighted by atomic mass is 35.5. The maximum Gasteiger partial charge on any atom is 0.433 e. The molecule has 144 valence electrons. The molecule has 0 spiro atoms. The van der Waals surface area contributed by atoms with Crippen molar-refractivity contribution < 1.29 is 22.6 Å². The van der Waals surface area contributed by atoms with E-state index in [4.69, 9.17) is 27.6 Å². The Hall–Kier alpha value is -2.14. The minimum atomic E-state index is -3.87. The Kier molecular flexibility index (Phi) is 5.43. The number of furan rings is 1. The van der Waals surface area contributed by atoms with Crippen LogP contribution in [-0.2, 0) is 10.0 Å². The zero-order valence-electron chi connectivity index (χ0n) is 13.7. The molecule has 1 saturated heterocycles. The Bertz CT molecular complexity index is 999. The van der Waals surface area contributed by atoms with Gasteiger partial charge in [-0.1, -0.05) is 29.3 Å². The standard InChI is InChI=1S/C15H13Cl2N3O6S/c16-10-2-1-3-12(14(10)17)27(24,25)19-8-6-18(7-9-19)15(21)11-4-5-13(26-11)20(22)23/h1-5H,6-9H2. The number of nitrogens with zero attached hydrogens (tertiary/aromatic N) is 3. The van der Waals surface area contributed by atoms with Crippen molar-refractivity contribution >= 4 is 45.0 Å². The van der Waals surface area contributed by atoms with Gasteiger partial charge in [-0.25, -0.2) is 8.42 Å². The van der Waals surface area contributed by atoms with E-state index in [9.17, 15) is 23.3 Å². The Morgan fingerprint density at radius 3 is 2.37 bits per heavy atom. The van der Waals surface area contributed by atoms with Gasteiger partial charge in [-0.05, 0) is 18.2 Å². The van der Waals surface area contributed by atoms with Gasteiger partial charge in [0.2, 0.25) is 10.0 Å². The van der Waals surface area contributed by atoms with Crippen LogP contribution in [0, 0.1) is 10.1 Å². The lowest BCUT2D eigenvalue weighted by Crippen LogP contribution is -2.50. The summed E-state index contributed by atoms with van der Waals surface area (Å²) in [6, 6.07) is 6.65. The maximum atomic E-state index is 12.8. The summed E-state index contributed by atoms with van der Waals surface area (Å²) in [4.78, 5) is 23.5. The van der Waals surface area contributed by atoms with E-state index in [2.05, 4.69) is 0 Å². The molecule has 1 aromatic heterocycles. The fraction of sp³-hybridized carbons (Fsp3) is 0.267. The fourth-order valence-electron chi connectivity index (χ4n) is 2.65. The summed E-state index contributed by atoms with van der Waals surface area (Å²) in [5.74, 6) is -1.24. The Morgan fingerprint density at radius 1 is 1.11 bits per heavy atom. The molecule has 9 nitrogen and oxygen atoms in total. The lowest BCUT2D eigenvalue weighted by Gasteiger charge is -2.33. The van der Waals surface area contributed by atoms with Crippen molar-refractivity contribution in [3.8, 4) is 0 Å². The summed E-state index contributed by atoms with van der Waals surface area (Å²) < 4.78 is 31.6. The summed E-state index contributed by atoms with van der Waals surface area (Å²) >= 11 is 11.9. The predicted molar refractivity (Wildman–Crippen MR) is 96.5 cm³/mol. The first-order valence-electron chi connectivity index (χ1n) is 7.69. The number of nitro groups is 1. The molecule has 0 N–H and O–H groups in total. The number of halogens is 2. The van der Waals surface area contributed by atoms with Crippen LogP contribution in [0.2, 0.25) is 10.0 Å². The Morgan fingerprint density at radius 2 is 1.78 bits per heavy atom. The number of carbonyl (C=O) groups excluding carboxylic acids is 1. The molecule has 2 aromatic rings. The van der Waals surface area contributed by atoms with Crippen molar-refractivity contribution in [2.45, 2.75) is 4.90 Å². The van der Waals surface area contributed by atoms with Crippen LogP contribution in [-0.4, -0.2) is 54.6 Å². The molecule has 3 rings (SSSR count). The molecule has 0 bridgehead atoms. The number of hydrogen-bond donors (Lipinski definition) is 0. The third-order valence-corrected chi connectivity index (χ3v) is 6.91. The monoisotopic (exact) mass is 433 g/mol. The maximum absolute atomic E-state index is 12.8. The summed E-state index contributed by atoms with van der Waals surface area (Å²) in [6.07, 6.45) is 0. The van der Waals surface area contributed by atoms with Gasteiger partial charge in [0.15, 0.2) is 5.76 Å². The van der Waals surface area contributed by atoms with Crippen molar-refractivity contribution in [3.63, 3.8) is 0 Å². The molecule has 0 radical (unpaired) electrons. The summed E-state index contributed by atoms with van der Waals surface area (Å²) in [5.41, 5.74) is 0. The summed E-state index contributed by atoms with van der Waals surface area (Å²) in [7, 11) is -3.87. The second-order valence-electron chi connectivity index (χ2n) is 5.64. The molecule has 2 heterocycles. The average Bonchev–Trinajstić information content (AvgIpc) is 3.14. The zero-order valence-corrected chi connectivity index (χ0v) is 16.0. The predicted octanol–water partition coefficient (Wildman–Crippen LogP) is 2.64. The Labute approximate surface area is 164 Å². The van der Waals surface area contributed by atoms with E-state index in [1.54, 1.807) is 0 Å².